The molecule has 0 bridgehead atoms. The predicted octanol–water partition coefficient (Wildman–Crippen LogP) is 4.08. The summed E-state index contributed by atoms with van der Waals surface area (Å²) in [5.41, 5.74) is 3.51. The zero-order chi connectivity index (χ0) is 17.3. The van der Waals surface area contributed by atoms with Crippen LogP contribution in [0.1, 0.15) is 18.1 Å². The molecule has 3 rings (SSSR count). The Balaban J connectivity index is 1.69. The van der Waals surface area contributed by atoms with E-state index in [-0.39, 0.29) is 18.2 Å². The van der Waals surface area contributed by atoms with Crippen LogP contribution in [0.25, 0.3) is 0 Å². The van der Waals surface area contributed by atoms with Gasteiger partial charge in [0.25, 0.3) is 0 Å². The van der Waals surface area contributed by atoms with E-state index in [1.54, 1.807) is 30.0 Å². The van der Waals surface area contributed by atoms with E-state index in [0.717, 1.165) is 28.9 Å². The highest BCUT2D eigenvalue weighted by Crippen LogP contribution is 2.30. The van der Waals surface area contributed by atoms with Gasteiger partial charge < -0.3 is 10.2 Å². The molecule has 0 radical (unpaired) electrons. The predicted molar refractivity (Wildman–Crippen MR) is 97.0 cm³/mol. The Morgan fingerprint density at radius 3 is 2.62 bits per heavy atom. The molecule has 0 unspecified atom stereocenters. The zero-order valence-corrected chi connectivity index (χ0v) is 14.6. The molecule has 0 atom stereocenters. The van der Waals surface area contributed by atoms with Crippen LogP contribution in [-0.4, -0.2) is 18.4 Å². The van der Waals surface area contributed by atoms with Crippen LogP contribution in [0.5, 0.6) is 0 Å². The maximum absolute atomic E-state index is 12.2. The third-order valence-corrected chi connectivity index (χ3v) is 4.73. The second-order valence-corrected chi connectivity index (χ2v) is 6.55. The number of hydrogen-bond donors (Lipinski definition) is 1. The molecule has 0 saturated carbocycles. The number of hydrogen-bond acceptors (Lipinski definition) is 2. The van der Waals surface area contributed by atoms with Crippen molar-refractivity contribution in [2.24, 2.45) is 0 Å². The van der Waals surface area contributed by atoms with Gasteiger partial charge in [-0.25, -0.2) is 0 Å². The number of anilines is 2. The number of rotatable bonds is 3. The molecule has 1 aliphatic rings. The van der Waals surface area contributed by atoms with Gasteiger partial charge in [0.2, 0.25) is 11.8 Å². The van der Waals surface area contributed by atoms with Crippen molar-refractivity contribution in [2.45, 2.75) is 19.8 Å². The zero-order valence-electron chi connectivity index (χ0n) is 13.1. The van der Waals surface area contributed by atoms with Gasteiger partial charge in [-0.2, -0.15) is 0 Å². The summed E-state index contributed by atoms with van der Waals surface area (Å²) < 4.78 is 0. The number of halogens is 2. The standard InChI is InChI=1S/C18H16Cl2N2O2/c1-11(23)22-7-6-13-10-14(3-5-17(13)22)21-18(24)9-12-2-4-15(19)16(20)8-12/h2-5,8,10H,6-7,9H2,1H3,(H,21,24). The average Bonchev–Trinajstić information content (AvgIpc) is 2.94. The number of carbonyl (C=O) groups excluding carboxylic acids is 2. The van der Waals surface area contributed by atoms with Crippen LogP contribution in [0.2, 0.25) is 10.0 Å². The van der Waals surface area contributed by atoms with Gasteiger partial charge in [-0.1, -0.05) is 29.3 Å². The summed E-state index contributed by atoms with van der Waals surface area (Å²) in [7, 11) is 0. The van der Waals surface area contributed by atoms with Crippen LogP contribution >= 0.6 is 23.2 Å². The minimum absolute atomic E-state index is 0.0325. The second kappa shape index (κ2) is 6.83. The Hall–Kier alpha value is -2.04. The van der Waals surface area contributed by atoms with Crippen molar-refractivity contribution in [3.05, 3.63) is 57.6 Å². The van der Waals surface area contributed by atoms with E-state index in [2.05, 4.69) is 5.32 Å². The monoisotopic (exact) mass is 362 g/mol. The molecule has 0 aliphatic carbocycles. The number of benzene rings is 2. The lowest BCUT2D eigenvalue weighted by Gasteiger charge is -2.15. The fourth-order valence-electron chi connectivity index (χ4n) is 2.85. The highest BCUT2D eigenvalue weighted by Gasteiger charge is 2.22. The van der Waals surface area contributed by atoms with Gasteiger partial charge in [0.1, 0.15) is 0 Å². The van der Waals surface area contributed by atoms with E-state index in [1.807, 2.05) is 18.2 Å². The van der Waals surface area contributed by atoms with Crippen LogP contribution in [0, 0.1) is 0 Å². The van der Waals surface area contributed by atoms with E-state index in [0.29, 0.717) is 16.6 Å². The lowest BCUT2D eigenvalue weighted by molar-refractivity contribution is -0.117. The van der Waals surface area contributed by atoms with Crippen LogP contribution in [0.15, 0.2) is 36.4 Å². The first kappa shape index (κ1) is 16.8. The van der Waals surface area contributed by atoms with Crippen molar-refractivity contribution in [3.63, 3.8) is 0 Å². The Morgan fingerprint density at radius 2 is 1.92 bits per heavy atom. The van der Waals surface area contributed by atoms with Gasteiger partial charge in [0.15, 0.2) is 0 Å². The lowest BCUT2D eigenvalue weighted by atomic mass is 10.1. The van der Waals surface area contributed by atoms with Crippen molar-refractivity contribution >= 4 is 46.4 Å². The van der Waals surface area contributed by atoms with Crippen molar-refractivity contribution in [1.29, 1.82) is 0 Å². The topological polar surface area (TPSA) is 49.4 Å². The van der Waals surface area contributed by atoms with Crippen LogP contribution < -0.4 is 10.2 Å². The Kier molecular flexibility index (Phi) is 4.78. The summed E-state index contributed by atoms with van der Waals surface area (Å²) >= 11 is 11.8. The molecule has 6 heteroatoms. The molecule has 2 aromatic rings. The molecule has 24 heavy (non-hydrogen) atoms. The average molecular weight is 363 g/mol. The maximum Gasteiger partial charge on any atom is 0.228 e. The molecule has 2 aromatic carbocycles. The first-order valence-electron chi connectivity index (χ1n) is 7.59. The molecule has 1 N–H and O–H groups in total. The molecule has 1 aliphatic heterocycles. The maximum atomic E-state index is 12.2. The van der Waals surface area contributed by atoms with Crippen LogP contribution in [-0.2, 0) is 22.4 Å². The quantitative estimate of drug-likeness (QED) is 0.893. The first-order valence-corrected chi connectivity index (χ1v) is 8.34. The lowest BCUT2D eigenvalue weighted by Crippen LogP contribution is -2.25. The van der Waals surface area contributed by atoms with Crippen molar-refractivity contribution in [3.8, 4) is 0 Å². The SMILES string of the molecule is CC(=O)N1CCc2cc(NC(=O)Cc3ccc(Cl)c(Cl)c3)ccc21. The number of carbonyl (C=O) groups is 2. The van der Waals surface area contributed by atoms with Crippen molar-refractivity contribution < 1.29 is 9.59 Å². The third-order valence-electron chi connectivity index (χ3n) is 3.99. The molecule has 2 amide bonds. The molecule has 1 heterocycles. The van der Waals surface area contributed by atoms with Crippen LogP contribution in [0.4, 0.5) is 11.4 Å². The summed E-state index contributed by atoms with van der Waals surface area (Å²) in [6, 6.07) is 10.8. The molecular formula is C18H16Cl2N2O2. The Labute approximate surface area is 150 Å². The van der Waals surface area contributed by atoms with Crippen molar-refractivity contribution in [2.75, 3.05) is 16.8 Å². The minimum Gasteiger partial charge on any atom is -0.326 e. The normalized spacial score (nSPS) is 12.9. The fraction of sp³-hybridized carbons (Fsp3) is 0.222. The summed E-state index contributed by atoms with van der Waals surface area (Å²) in [4.78, 5) is 25.5. The molecule has 0 spiro atoms. The van der Waals surface area contributed by atoms with Gasteiger partial charge in [-0.15, -0.1) is 0 Å². The number of amides is 2. The number of nitrogens with one attached hydrogen (secondary N) is 1. The smallest absolute Gasteiger partial charge is 0.228 e. The van der Waals surface area contributed by atoms with E-state index in [1.165, 1.54) is 0 Å². The summed E-state index contributed by atoms with van der Waals surface area (Å²) in [5, 5.41) is 3.78. The summed E-state index contributed by atoms with van der Waals surface area (Å²) in [5.74, 6) is -0.0973. The van der Waals surface area contributed by atoms with Gasteiger partial charge in [0, 0.05) is 24.8 Å². The van der Waals surface area contributed by atoms with E-state index < -0.39 is 0 Å². The van der Waals surface area contributed by atoms with Crippen molar-refractivity contribution in [1.82, 2.24) is 0 Å². The largest absolute Gasteiger partial charge is 0.326 e. The minimum atomic E-state index is -0.130. The highest BCUT2D eigenvalue weighted by atomic mass is 35.5. The molecule has 124 valence electrons. The Morgan fingerprint density at radius 1 is 1.12 bits per heavy atom. The molecule has 0 aromatic heterocycles. The summed E-state index contributed by atoms with van der Waals surface area (Å²) in [6.07, 6.45) is 1.01. The summed E-state index contributed by atoms with van der Waals surface area (Å²) in [6.45, 7) is 2.24. The molecule has 4 nitrogen and oxygen atoms in total. The molecular weight excluding hydrogens is 347 g/mol. The van der Waals surface area contributed by atoms with Gasteiger partial charge in [-0.05, 0) is 47.9 Å². The van der Waals surface area contributed by atoms with Gasteiger partial charge in [-0.3, -0.25) is 9.59 Å². The highest BCUT2D eigenvalue weighted by molar-refractivity contribution is 6.42. The van der Waals surface area contributed by atoms with E-state index in [4.69, 9.17) is 23.2 Å². The molecule has 0 saturated heterocycles. The van der Waals surface area contributed by atoms with E-state index in [9.17, 15) is 9.59 Å². The molecule has 0 fully saturated rings. The second-order valence-electron chi connectivity index (χ2n) is 5.74. The third kappa shape index (κ3) is 3.55. The van der Waals surface area contributed by atoms with Gasteiger partial charge in [0.05, 0.1) is 16.5 Å². The first-order chi connectivity index (χ1) is 11.4. The fourth-order valence-corrected chi connectivity index (χ4v) is 3.17. The van der Waals surface area contributed by atoms with Crippen LogP contribution in [0.3, 0.4) is 0 Å². The number of fused-ring (bicyclic) bond motifs is 1. The number of nitrogens with zero attached hydrogens (tertiary/aromatic N) is 1. The Bertz CT molecular complexity index is 821. The van der Waals surface area contributed by atoms with Gasteiger partial charge >= 0.3 is 0 Å². The van der Waals surface area contributed by atoms with E-state index >= 15 is 0 Å².